The molecule has 1 amide bonds. The van der Waals surface area contributed by atoms with Gasteiger partial charge in [-0.2, -0.15) is 0 Å². The van der Waals surface area contributed by atoms with Crippen LogP contribution in [0.4, 0.5) is 0 Å². The second-order valence-corrected chi connectivity index (χ2v) is 7.17. The summed E-state index contributed by atoms with van der Waals surface area (Å²) in [6.07, 6.45) is 11.4. The van der Waals surface area contributed by atoms with Crippen molar-refractivity contribution in [2.75, 3.05) is 26.7 Å². The minimum atomic E-state index is 0. The fraction of sp³-hybridized carbons (Fsp3) is 0.944. The number of likely N-dealkylation sites (tertiary alicyclic amines) is 1. The van der Waals surface area contributed by atoms with Gasteiger partial charge in [0.15, 0.2) is 0 Å². The van der Waals surface area contributed by atoms with Gasteiger partial charge in [-0.05, 0) is 51.1 Å². The van der Waals surface area contributed by atoms with Crippen molar-refractivity contribution in [1.82, 2.24) is 10.2 Å². The molecule has 3 nitrogen and oxygen atoms in total. The van der Waals surface area contributed by atoms with E-state index in [4.69, 9.17) is 0 Å². The summed E-state index contributed by atoms with van der Waals surface area (Å²) in [6.45, 7) is 5.25. The first-order valence-electron chi connectivity index (χ1n) is 9.18. The first kappa shape index (κ1) is 19.8. The van der Waals surface area contributed by atoms with Crippen molar-refractivity contribution in [2.45, 2.75) is 64.7 Å². The first-order valence-corrected chi connectivity index (χ1v) is 9.18. The number of hydrogen-bond acceptors (Lipinski definition) is 2. The molecule has 22 heavy (non-hydrogen) atoms. The lowest BCUT2D eigenvalue weighted by atomic mass is 9.81. The predicted molar refractivity (Wildman–Crippen MR) is 95.5 cm³/mol. The molecule has 0 bridgehead atoms. The van der Waals surface area contributed by atoms with Crippen LogP contribution in [0.1, 0.15) is 64.7 Å². The van der Waals surface area contributed by atoms with Crippen molar-refractivity contribution < 1.29 is 4.79 Å². The largest absolute Gasteiger partial charge is 0.342 e. The Kier molecular flexibility index (Phi) is 9.42. The normalized spacial score (nSPS) is 22.2. The Morgan fingerprint density at radius 3 is 2.27 bits per heavy atom. The van der Waals surface area contributed by atoms with E-state index >= 15 is 0 Å². The van der Waals surface area contributed by atoms with Gasteiger partial charge in [-0.3, -0.25) is 4.79 Å². The molecule has 2 fully saturated rings. The van der Waals surface area contributed by atoms with E-state index < -0.39 is 0 Å². The number of nitrogens with one attached hydrogen (secondary N) is 1. The fourth-order valence-corrected chi connectivity index (χ4v) is 4.17. The standard InChI is InChI=1S/C18H34N2O.ClH/c1-3-17(13-15-7-5-4-6-8-15)18(21)20-11-9-16(10-12-20)14-19-2;/h15-17,19H,3-14H2,1-2H3;1H. The Morgan fingerprint density at radius 2 is 1.73 bits per heavy atom. The smallest absolute Gasteiger partial charge is 0.225 e. The van der Waals surface area contributed by atoms with Gasteiger partial charge < -0.3 is 10.2 Å². The molecule has 1 N–H and O–H groups in total. The third kappa shape index (κ3) is 5.73. The van der Waals surface area contributed by atoms with Crippen molar-refractivity contribution in [2.24, 2.45) is 17.8 Å². The topological polar surface area (TPSA) is 32.3 Å². The molecule has 2 rings (SSSR count). The van der Waals surface area contributed by atoms with Crippen molar-refractivity contribution in [3.8, 4) is 0 Å². The Morgan fingerprint density at radius 1 is 1.09 bits per heavy atom. The van der Waals surface area contributed by atoms with Crippen LogP contribution in [-0.4, -0.2) is 37.5 Å². The van der Waals surface area contributed by atoms with Crippen LogP contribution in [-0.2, 0) is 4.79 Å². The van der Waals surface area contributed by atoms with Crippen LogP contribution in [0, 0.1) is 17.8 Å². The van der Waals surface area contributed by atoms with E-state index in [2.05, 4.69) is 17.1 Å². The summed E-state index contributed by atoms with van der Waals surface area (Å²) in [4.78, 5) is 14.9. The maximum Gasteiger partial charge on any atom is 0.225 e. The third-order valence-corrected chi connectivity index (χ3v) is 5.60. The molecule has 4 heteroatoms. The molecular formula is C18H35ClN2O. The van der Waals surface area contributed by atoms with Gasteiger partial charge in [0.25, 0.3) is 0 Å². The van der Waals surface area contributed by atoms with Gasteiger partial charge >= 0.3 is 0 Å². The van der Waals surface area contributed by atoms with E-state index in [-0.39, 0.29) is 18.3 Å². The molecule has 1 aliphatic heterocycles. The Balaban J connectivity index is 0.00000242. The number of hydrogen-bond donors (Lipinski definition) is 1. The zero-order valence-corrected chi connectivity index (χ0v) is 15.3. The SMILES string of the molecule is CCC(CC1CCCCC1)C(=O)N1CCC(CNC)CC1.Cl. The summed E-state index contributed by atoms with van der Waals surface area (Å²) in [6, 6.07) is 0. The Labute approximate surface area is 143 Å². The number of halogens is 1. The van der Waals surface area contributed by atoms with Crippen LogP contribution in [0.3, 0.4) is 0 Å². The van der Waals surface area contributed by atoms with Gasteiger partial charge in [0.2, 0.25) is 5.91 Å². The Bertz CT molecular complexity index is 310. The highest BCUT2D eigenvalue weighted by Gasteiger charge is 2.29. The monoisotopic (exact) mass is 330 g/mol. The van der Waals surface area contributed by atoms with Gasteiger partial charge in [0, 0.05) is 19.0 Å². The van der Waals surface area contributed by atoms with Crippen LogP contribution in [0.15, 0.2) is 0 Å². The number of amides is 1. The van der Waals surface area contributed by atoms with Crippen molar-refractivity contribution in [3.05, 3.63) is 0 Å². The zero-order chi connectivity index (χ0) is 15.1. The number of carbonyl (C=O) groups excluding carboxylic acids is 1. The van der Waals surface area contributed by atoms with Crippen LogP contribution >= 0.6 is 12.4 Å². The molecule has 1 heterocycles. The summed E-state index contributed by atoms with van der Waals surface area (Å²) >= 11 is 0. The van der Waals surface area contributed by atoms with Gasteiger partial charge in [-0.15, -0.1) is 12.4 Å². The number of rotatable bonds is 6. The number of carbonyl (C=O) groups is 1. The highest BCUT2D eigenvalue weighted by molar-refractivity contribution is 5.85. The maximum absolute atomic E-state index is 12.8. The molecule has 2 aliphatic rings. The molecule has 1 atom stereocenters. The molecule has 0 aromatic rings. The van der Waals surface area contributed by atoms with Gasteiger partial charge in [-0.25, -0.2) is 0 Å². The Hall–Kier alpha value is -0.280. The van der Waals surface area contributed by atoms with Crippen LogP contribution in [0.25, 0.3) is 0 Å². The second kappa shape index (κ2) is 10.5. The van der Waals surface area contributed by atoms with Crippen molar-refractivity contribution in [3.63, 3.8) is 0 Å². The molecule has 1 unspecified atom stereocenters. The first-order chi connectivity index (χ1) is 10.2. The number of piperidine rings is 1. The highest BCUT2D eigenvalue weighted by Crippen LogP contribution is 2.31. The second-order valence-electron chi connectivity index (χ2n) is 7.17. The van der Waals surface area contributed by atoms with Gasteiger partial charge in [-0.1, -0.05) is 39.0 Å². The van der Waals surface area contributed by atoms with Gasteiger partial charge in [0.1, 0.15) is 0 Å². The van der Waals surface area contributed by atoms with Gasteiger partial charge in [0.05, 0.1) is 0 Å². The molecule has 0 aromatic heterocycles. The van der Waals surface area contributed by atoms with Crippen LogP contribution in [0.5, 0.6) is 0 Å². The van der Waals surface area contributed by atoms with E-state index in [1.54, 1.807) is 0 Å². The lowest BCUT2D eigenvalue weighted by molar-refractivity contribution is -0.137. The molecule has 0 radical (unpaired) electrons. The molecule has 1 aliphatic carbocycles. The highest BCUT2D eigenvalue weighted by atomic mass is 35.5. The predicted octanol–water partition coefficient (Wildman–Crippen LogP) is 3.86. The van der Waals surface area contributed by atoms with Crippen molar-refractivity contribution in [1.29, 1.82) is 0 Å². The third-order valence-electron chi connectivity index (χ3n) is 5.60. The number of nitrogens with zero attached hydrogens (tertiary/aromatic N) is 1. The minimum absolute atomic E-state index is 0. The zero-order valence-electron chi connectivity index (χ0n) is 14.5. The molecule has 0 spiro atoms. The summed E-state index contributed by atoms with van der Waals surface area (Å²) in [5.41, 5.74) is 0. The lowest BCUT2D eigenvalue weighted by Crippen LogP contribution is -2.43. The molecule has 130 valence electrons. The van der Waals surface area contributed by atoms with Crippen LogP contribution in [0.2, 0.25) is 0 Å². The summed E-state index contributed by atoms with van der Waals surface area (Å²) in [5.74, 6) is 2.31. The van der Waals surface area contributed by atoms with E-state index in [0.717, 1.165) is 44.3 Å². The maximum atomic E-state index is 12.8. The van der Waals surface area contributed by atoms with E-state index in [9.17, 15) is 4.79 Å². The average Bonchev–Trinajstić information content (AvgIpc) is 2.54. The fourth-order valence-electron chi connectivity index (χ4n) is 4.17. The lowest BCUT2D eigenvalue weighted by Gasteiger charge is -2.35. The molecule has 1 saturated carbocycles. The summed E-state index contributed by atoms with van der Waals surface area (Å²) in [7, 11) is 2.02. The van der Waals surface area contributed by atoms with E-state index in [1.165, 1.54) is 44.9 Å². The molecule has 0 aromatic carbocycles. The van der Waals surface area contributed by atoms with Crippen molar-refractivity contribution >= 4 is 18.3 Å². The van der Waals surface area contributed by atoms with Crippen LogP contribution < -0.4 is 5.32 Å². The average molecular weight is 331 g/mol. The molecular weight excluding hydrogens is 296 g/mol. The minimum Gasteiger partial charge on any atom is -0.342 e. The molecule has 1 saturated heterocycles. The summed E-state index contributed by atoms with van der Waals surface area (Å²) < 4.78 is 0. The quantitative estimate of drug-likeness (QED) is 0.802. The van der Waals surface area contributed by atoms with E-state index in [0.29, 0.717) is 5.91 Å². The summed E-state index contributed by atoms with van der Waals surface area (Å²) in [5, 5.41) is 3.27. The van der Waals surface area contributed by atoms with E-state index in [1.807, 2.05) is 7.05 Å².